The number of allylic oxidation sites excluding steroid dienone is 2. The molecule has 0 saturated heterocycles. The van der Waals surface area contributed by atoms with Crippen LogP contribution in [0.5, 0.6) is 0 Å². The van der Waals surface area contributed by atoms with Crippen LogP contribution in [-0.2, 0) is 13.1 Å². The van der Waals surface area contributed by atoms with Crippen LogP contribution in [0.4, 0.5) is 0 Å². The molecular formula is C20H18N2. The first-order chi connectivity index (χ1) is 10.8. The van der Waals surface area contributed by atoms with Crippen molar-refractivity contribution in [1.29, 1.82) is 0 Å². The Bertz CT molecular complexity index is 935. The molecule has 0 atom stereocenters. The maximum Gasteiger partial charge on any atom is 0.0489 e. The molecule has 0 N–H and O–H groups in total. The predicted molar refractivity (Wildman–Crippen MR) is 95.3 cm³/mol. The van der Waals surface area contributed by atoms with Gasteiger partial charge in [-0.1, -0.05) is 24.3 Å². The van der Waals surface area contributed by atoms with Crippen molar-refractivity contribution in [1.82, 2.24) is 9.13 Å². The van der Waals surface area contributed by atoms with E-state index in [9.17, 15) is 0 Å². The lowest BCUT2D eigenvalue weighted by atomic mass is 10.0. The van der Waals surface area contributed by atoms with Crippen LogP contribution in [0.1, 0.15) is 0 Å². The van der Waals surface area contributed by atoms with Gasteiger partial charge in [-0.15, -0.1) is 13.2 Å². The molecule has 22 heavy (non-hydrogen) atoms. The van der Waals surface area contributed by atoms with Gasteiger partial charge >= 0.3 is 0 Å². The number of rotatable bonds is 4. The molecule has 2 aromatic carbocycles. The molecule has 0 saturated carbocycles. The van der Waals surface area contributed by atoms with Crippen molar-refractivity contribution in [3.8, 4) is 0 Å². The first-order valence-electron chi connectivity index (χ1n) is 7.54. The normalized spacial score (nSPS) is 11.5. The van der Waals surface area contributed by atoms with Crippen LogP contribution in [0.2, 0.25) is 0 Å². The van der Waals surface area contributed by atoms with Gasteiger partial charge in [-0.2, -0.15) is 0 Å². The zero-order chi connectivity index (χ0) is 15.1. The second kappa shape index (κ2) is 4.92. The molecular weight excluding hydrogens is 268 g/mol. The highest BCUT2D eigenvalue weighted by Crippen LogP contribution is 2.33. The largest absolute Gasteiger partial charge is 0.344 e. The lowest BCUT2D eigenvalue weighted by Gasteiger charge is -2.07. The molecule has 0 aliphatic rings. The third-order valence-electron chi connectivity index (χ3n) is 4.33. The van der Waals surface area contributed by atoms with Gasteiger partial charge in [-0.05, 0) is 29.7 Å². The number of fused-ring (bicyclic) bond motifs is 5. The number of benzene rings is 2. The molecule has 0 spiro atoms. The summed E-state index contributed by atoms with van der Waals surface area (Å²) in [6.07, 6.45) is 8.16. The van der Waals surface area contributed by atoms with Crippen LogP contribution in [0.3, 0.4) is 0 Å². The molecule has 2 heteroatoms. The van der Waals surface area contributed by atoms with Crippen molar-refractivity contribution in [2.24, 2.45) is 0 Å². The Balaban J connectivity index is 2.12. The fourth-order valence-electron chi connectivity index (χ4n) is 3.38. The second-order valence-electron chi connectivity index (χ2n) is 5.61. The van der Waals surface area contributed by atoms with Crippen molar-refractivity contribution in [2.45, 2.75) is 13.1 Å². The average molecular weight is 286 g/mol. The molecule has 0 radical (unpaired) electrons. The molecule has 0 amide bonds. The Labute approximate surface area is 129 Å². The summed E-state index contributed by atoms with van der Waals surface area (Å²) in [6, 6.07) is 13.3. The van der Waals surface area contributed by atoms with Crippen LogP contribution in [0.25, 0.3) is 32.6 Å². The first-order valence-corrected chi connectivity index (χ1v) is 7.54. The van der Waals surface area contributed by atoms with E-state index in [1.54, 1.807) is 0 Å². The molecule has 108 valence electrons. The zero-order valence-corrected chi connectivity index (χ0v) is 12.5. The molecule has 0 aliphatic carbocycles. The standard InChI is InChI=1S/C20H18N2/c1-3-11-21-13-9-16-18(21)7-5-15-6-8-19-17(20(15)16)10-14-22(19)12-4-2/h3-10,13-14H,1-2,11-12H2. The van der Waals surface area contributed by atoms with Crippen molar-refractivity contribution in [2.75, 3.05) is 0 Å². The Morgan fingerprint density at radius 3 is 1.68 bits per heavy atom. The van der Waals surface area contributed by atoms with E-state index < -0.39 is 0 Å². The molecule has 2 nitrogen and oxygen atoms in total. The van der Waals surface area contributed by atoms with Gasteiger partial charge in [-0.25, -0.2) is 0 Å². The van der Waals surface area contributed by atoms with Crippen LogP contribution in [0, 0.1) is 0 Å². The first kappa shape index (κ1) is 13.0. The minimum absolute atomic E-state index is 0.836. The van der Waals surface area contributed by atoms with E-state index in [1.807, 2.05) is 12.2 Å². The lowest BCUT2D eigenvalue weighted by molar-refractivity contribution is 0.865. The minimum Gasteiger partial charge on any atom is -0.344 e. The Kier molecular flexibility index (Phi) is 2.90. The highest BCUT2D eigenvalue weighted by molar-refractivity contribution is 6.19. The second-order valence-corrected chi connectivity index (χ2v) is 5.61. The number of hydrogen-bond donors (Lipinski definition) is 0. The van der Waals surface area contributed by atoms with Gasteiger partial charge in [0.05, 0.1) is 0 Å². The van der Waals surface area contributed by atoms with Crippen LogP contribution in [-0.4, -0.2) is 9.13 Å². The van der Waals surface area contributed by atoms with E-state index in [1.165, 1.54) is 32.6 Å². The maximum absolute atomic E-state index is 3.84. The molecule has 4 rings (SSSR count). The smallest absolute Gasteiger partial charge is 0.0489 e. The monoisotopic (exact) mass is 286 g/mol. The van der Waals surface area contributed by atoms with Gasteiger partial charge in [-0.3, -0.25) is 0 Å². The summed E-state index contributed by atoms with van der Waals surface area (Å²) in [6.45, 7) is 9.36. The van der Waals surface area contributed by atoms with E-state index in [2.05, 4.69) is 71.1 Å². The van der Waals surface area contributed by atoms with Crippen molar-refractivity contribution in [3.05, 3.63) is 74.1 Å². The number of aromatic nitrogens is 2. The zero-order valence-electron chi connectivity index (χ0n) is 12.5. The van der Waals surface area contributed by atoms with E-state index in [0.717, 1.165) is 13.1 Å². The Hall–Kier alpha value is -2.74. The molecule has 0 bridgehead atoms. The molecule has 0 fully saturated rings. The van der Waals surface area contributed by atoms with Gasteiger partial charge in [0.15, 0.2) is 0 Å². The highest BCUT2D eigenvalue weighted by atomic mass is 15.0. The third-order valence-corrected chi connectivity index (χ3v) is 4.33. The summed E-state index contributed by atoms with van der Waals surface area (Å²) >= 11 is 0. The summed E-state index contributed by atoms with van der Waals surface area (Å²) in [4.78, 5) is 0. The summed E-state index contributed by atoms with van der Waals surface area (Å²) in [5, 5.41) is 5.23. The van der Waals surface area contributed by atoms with Gasteiger partial charge in [0, 0.05) is 52.7 Å². The quantitative estimate of drug-likeness (QED) is 0.461. The van der Waals surface area contributed by atoms with Gasteiger partial charge in [0.25, 0.3) is 0 Å². The molecule has 0 aliphatic heterocycles. The minimum atomic E-state index is 0.836. The summed E-state index contributed by atoms with van der Waals surface area (Å²) in [5.74, 6) is 0. The summed E-state index contributed by atoms with van der Waals surface area (Å²) in [7, 11) is 0. The van der Waals surface area contributed by atoms with Crippen LogP contribution in [0.15, 0.2) is 74.1 Å². The maximum atomic E-state index is 3.84. The van der Waals surface area contributed by atoms with E-state index in [0.29, 0.717) is 0 Å². The van der Waals surface area contributed by atoms with Crippen LogP contribution < -0.4 is 0 Å². The molecule has 0 unspecified atom stereocenters. The van der Waals surface area contributed by atoms with Gasteiger partial charge < -0.3 is 9.13 Å². The summed E-state index contributed by atoms with van der Waals surface area (Å²) in [5.41, 5.74) is 2.52. The highest BCUT2D eigenvalue weighted by Gasteiger charge is 2.10. The average Bonchev–Trinajstić information content (AvgIpc) is 3.12. The fraction of sp³-hybridized carbons (Fsp3) is 0.100. The van der Waals surface area contributed by atoms with Crippen LogP contribution >= 0.6 is 0 Å². The SMILES string of the molecule is C=CCn1ccc2c3c(ccc21)ccc1c3ccn1CC=C. The van der Waals surface area contributed by atoms with E-state index in [4.69, 9.17) is 0 Å². The lowest BCUT2D eigenvalue weighted by Crippen LogP contribution is -1.92. The molecule has 4 aromatic rings. The molecule has 2 heterocycles. The number of nitrogens with zero attached hydrogens (tertiary/aromatic N) is 2. The topological polar surface area (TPSA) is 9.86 Å². The van der Waals surface area contributed by atoms with Crippen molar-refractivity contribution < 1.29 is 0 Å². The Morgan fingerprint density at radius 2 is 1.23 bits per heavy atom. The predicted octanol–water partition coefficient (Wildman–Crippen LogP) is 5.12. The third kappa shape index (κ3) is 1.74. The summed E-state index contributed by atoms with van der Waals surface area (Å²) < 4.78 is 4.47. The van der Waals surface area contributed by atoms with Crippen molar-refractivity contribution in [3.63, 3.8) is 0 Å². The van der Waals surface area contributed by atoms with Gasteiger partial charge in [0.1, 0.15) is 0 Å². The van der Waals surface area contributed by atoms with E-state index in [-0.39, 0.29) is 0 Å². The number of hydrogen-bond acceptors (Lipinski definition) is 0. The fourth-order valence-corrected chi connectivity index (χ4v) is 3.38. The van der Waals surface area contributed by atoms with Gasteiger partial charge in [0.2, 0.25) is 0 Å². The van der Waals surface area contributed by atoms with E-state index >= 15 is 0 Å². The molecule has 2 aromatic heterocycles. The Morgan fingerprint density at radius 1 is 0.727 bits per heavy atom. The van der Waals surface area contributed by atoms with Crippen molar-refractivity contribution >= 4 is 32.6 Å².